The SMILES string of the molecule is CC(C)OC=O.CN=c1sc(C)cn1-c1ccc2c(c1)OC(F)(F)O2. The van der Waals surface area contributed by atoms with Crippen LogP contribution in [0.5, 0.6) is 11.5 Å². The number of hydrogen-bond acceptors (Lipinski definition) is 6. The number of carbonyl (C=O) groups excluding carboxylic acids is 1. The zero-order valence-corrected chi connectivity index (χ0v) is 15.0. The Balaban J connectivity index is 0.000000326. The third kappa shape index (κ3) is 4.79. The monoisotopic (exact) mass is 372 g/mol. The normalized spacial score (nSPS) is 14.9. The quantitative estimate of drug-likeness (QED) is 0.776. The van der Waals surface area contributed by atoms with Gasteiger partial charge in [-0.05, 0) is 32.9 Å². The number of ether oxygens (including phenoxy) is 3. The minimum atomic E-state index is -3.59. The van der Waals surface area contributed by atoms with Crippen LogP contribution in [0.25, 0.3) is 5.69 Å². The van der Waals surface area contributed by atoms with Crippen LogP contribution in [0.15, 0.2) is 29.4 Å². The fraction of sp³-hybridized carbons (Fsp3) is 0.375. The van der Waals surface area contributed by atoms with E-state index in [4.69, 9.17) is 0 Å². The molecule has 1 aromatic carbocycles. The van der Waals surface area contributed by atoms with Crippen LogP contribution in [0.3, 0.4) is 0 Å². The summed E-state index contributed by atoms with van der Waals surface area (Å²) in [5, 5.41) is 0. The number of alkyl halides is 2. The first-order valence-electron chi connectivity index (χ1n) is 7.37. The highest BCUT2D eigenvalue weighted by atomic mass is 32.1. The highest BCUT2D eigenvalue weighted by molar-refractivity contribution is 7.09. The van der Waals surface area contributed by atoms with Gasteiger partial charge < -0.3 is 14.2 Å². The number of benzene rings is 1. The van der Waals surface area contributed by atoms with E-state index < -0.39 is 6.29 Å². The molecule has 0 N–H and O–H groups in total. The summed E-state index contributed by atoms with van der Waals surface area (Å²) in [7, 11) is 1.68. The van der Waals surface area contributed by atoms with Crippen LogP contribution in [-0.4, -0.2) is 30.5 Å². The van der Waals surface area contributed by atoms with Crippen LogP contribution < -0.4 is 14.3 Å². The van der Waals surface area contributed by atoms with E-state index in [1.807, 2.05) is 17.7 Å². The maximum Gasteiger partial charge on any atom is 0.586 e. The van der Waals surface area contributed by atoms with E-state index in [0.29, 0.717) is 12.2 Å². The van der Waals surface area contributed by atoms with Gasteiger partial charge in [0, 0.05) is 24.2 Å². The minimum Gasteiger partial charge on any atom is -0.465 e. The van der Waals surface area contributed by atoms with E-state index in [-0.39, 0.29) is 17.6 Å². The van der Waals surface area contributed by atoms with Crippen molar-refractivity contribution in [3.8, 4) is 17.2 Å². The third-order valence-electron chi connectivity index (χ3n) is 2.95. The molecule has 0 spiro atoms. The summed E-state index contributed by atoms with van der Waals surface area (Å²) in [6, 6.07) is 4.66. The summed E-state index contributed by atoms with van der Waals surface area (Å²) < 4.78 is 40.9. The molecule has 2 heterocycles. The minimum absolute atomic E-state index is 0.0286. The predicted octanol–water partition coefficient (Wildman–Crippen LogP) is 3.27. The van der Waals surface area contributed by atoms with E-state index in [1.54, 1.807) is 27.0 Å². The van der Waals surface area contributed by atoms with Crippen molar-refractivity contribution in [1.82, 2.24) is 4.57 Å². The van der Waals surface area contributed by atoms with Gasteiger partial charge in [0.15, 0.2) is 16.3 Å². The first-order chi connectivity index (χ1) is 11.8. The van der Waals surface area contributed by atoms with Gasteiger partial charge in [-0.3, -0.25) is 14.4 Å². The maximum absolute atomic E-state index is 13.0. The molecule has 3 rings (SSSR count). The maximum atomic E-state index is 13.0. The van der Waals surface area contributed by atoms with Gasteiger partial charge in [0.25, 0.3) is 6.47 Å². The van der Waals surface area contributed by atoms with Crippen LogP contribution >= 0.6 is 11.3 Å². The molecule has 0 amide bonds. The molecule has 25 heavy (non-hydrogen) atoms. The van der Waals surface area contributed by atoms with Crippen molar-refractivity contribution >= 4 is 17.8 Å². The molecular weight excluding hydrogens is 354 g/mol. The van der Waals surface area contributed by atoms with Crippen LogP contribution in [0.2, 0.25) is 0 Å². The molecule has 1 aromatic heterocycles. The first kappa shape index (κ1) is 18.9. The highest BCUT2D eigenvalue weighted by Crippen LogP contribution is 2.41. The van der Waals surface area contributed by atoms with E-state index in [2.05, 4.69) is 19.2 Å². The molecular formula is C16H18F2N2O4S. The lowest BCUT2D eigenvalue weighted by atomic mass is 10.3. The van der Waals surface area contributed by atoms with Crippen molar-refractivity contribution in [3.05, 3.63) is 34.1 Å². The topological polar surface area (TPSA) is 62.0 Å². The number of carbonyl (C=O) groups is 1. The fourth-order valence-corrected chi connectivity index (χ4v) is 2.79. The van der Waals surface area contributed by atoms with Crippen molar-refractivity contribution in [2.24, 2.45) is 4.99 Å². The lowest BCUT2D eigenvalue weighted by molar-refractivity contribution is -0.286. The summed E-state index contributed by atoms with van der Waals surface area (Å²) >= 11 is 1.52. The number of nitrogens with zero attached hydrogens (tertiary/aromatic N) is 2. The Bertz CT molecular complexity index is 815. The second kappa shape index (κ2) is 7.64. The van der Waals surface area contributed by atoms with Crippen molar-refractivity contribution in [2.45, 2.75) is 33.2 Å². The zero-order valence-electron chi connectivity index (χ0n) is 14.2. The molecule has 6 nitrogen and oxygen atoms in total. The van der Waals surface area contributed by atoms with E-state index in [1.165, 1.54) is 23.5 Å². The van der Waals surface area contributed by atoms with Crippen molar-refractivity contribution in [1.29, 1.82) is 0 Å². The molecule has 136 valence electrons. The van der Waals surface area contributed by atoms with Crippen LogP contribution in [0.1, 0.15) is 18.7 Å². The van der Waals surface area contributed by atoms with Crippen LogP contribution in [-0.2, 0) is 9.53 Å². The van der Waals surface area contributed by atoms with Gasteiger partial charge in [0.2, 0.25) is 0 Å². The molecule has 0 radical (unpaired) electrons. The summed E-state index contributed by atoms with van der Waals surface area (Å²) in [5.74, 6) is 0.0668. The fourth-order valence-electron chi connectivity index (χ4n) is 1.99. The molecule has 0 saturated heterocycles. The molecule has 9 heteroatoms. The number of fused-ring (bicyclic) bond motifs is 1. The molecule has 0 bridgehead atoms. The average molecular weight is 372 g/mol. The Morgan fingerprint density at radius 3 is 2.56 bits per heavy atom. The standard InChI is InChI=1S/C12H10F2N2O2S.C4H8O2/c1-7-6-16(11(15-2)19-7)8-3-4-9-10(5-8)18-12(13,14)17-9;1-4(2)6-3-5/h3-6H,1-2H3;3-4H,1-2H3. The Morgan fingerprint density at radius 2 is 2.00 bits per heavy atom. The first-order valence-corrected chi connectivity index (χ1v) is 8.18. The summed E-state index contributed by atoms with van der Waals surface area (Å²) in [6.45, 7) is 6.00. The third-order valence-corrected chi connectivity index (χ3v) is 3.94. The smallest absolute Gasteiger partial charge is 0.465 e. The lowest BCUT2D eigenvalue weighted by Crippen LogP contribution is -2.25. The Hall–Kier alpha value is -2.42. The van der Waals surface area contributed by atoms with E-state index in [9.17, 15) is 13.6 Å². The number of hydrogen-bond donors (Lipinski definition) is 0. The zero-order chi connectivity index (χ0) is 18.6. The molecule has 0 atom stereocenters. The molecule has 0 aliphatic carbocycles. The highest BCUT2D eigenvalue weighted by Gasteiger charge is 2.43. The van der Waals surface area contributed by atoms with Gasteiger partial charge in [-0.15, -0.1) is 20.1 Å². The second-order valence-electron chi connectivity index (χ2n) is 5.30. The molecule has 0 unspecified atom stereocenters. The Morgan fingerprint density at radius 1 is 1.32 bits per heavy atom. The predicted molar refractivity (Wildman–Crippen MR) is 88.4 cm³/mol. The van der Waals surface area contributed by atoms with E-state index in [0.717, 1.165) is 9.68 Å². The van der Waals surface area contributed by atoms with Crippen molar-refractivity contribution in [2.75, 3.05) is 7.05 Å². The summed E-state index contributed by atoms with van der Waals surface area (Å²) in [4.78, 5) is 15.4. The summed E-state index contributed by atoms with van der Waals surface area (Å²) in [5.41, 5.74) is 0.699. The molecule has 1 aliphatic rings. The molecule has 1 aliphatic heterocycles. The average Bonchev–Trinajstić information content (AvgIpc) is 3.04. The molecule has 0 saturated carbocycles. The van der Waals surface area contributed by atoms with Gasteiger partial charge in [0.1, 0.15) is 0 Å². The van der Waals surface area contributed by atoms with Crippen molar-refractivity contribution < 1.29 is 27.8 Å². The van der Waals surface area contributed by atoms with Crippen molar-refractivity contribution in [3.63, 3.8) is 0 Å². The van der Waals surface area contributed by atoms with Gasteiger partial charge in [-0.25, -0.2) is 0 Å². The Labute approximate surface area is 147 Å². The van der Waals surface area contributed by atoms with Gasteiger partial charge >= 0.3 is 6.29 Å². The van der Waals surface area contributed by atoms with Gasteiger partial charge in [-0.2, -0.15) is 0 Å². The number of halogens is 2. The van der Waals surface area contributed by atoms with Crippen LogP contribution in [0.4, 0.5) is 8.78 Å². The summed E-state index contributed by atoms with van der Waals surface area (Å²) in [6.07, 6.45) is -1.67. The van der Waals surface area contributed by atoms with Gasteiger partial charge in [0.05, 0.1) is 11.8 Å². The number of aryl methyl sites for hydroxylation is 1. The Kier molecular flexibility index (Phi) is 5.78. The lowest BCUT2D eigenvalue weighted by Gasteiger charge is -2.04. The molecule has 0 fully saturated rings. The number of thiazole rings is 1. The van der Waals surface area contributed by atoms with Crippen LogP contribution in [0, 0.1) is 6.92 Å². The number of aromatic nitrogens is 1. The van der Waals surface area contributed by atoms with E-state index >= 15 is 0 Å². The second-order valence-corrected chi connectivity index (χ2v) is 6.51. The number of rotatable bonds is 3. The van der Waals surface area contributed by atoms with Gasteiger partial charge in [-0.1, -0.05) is 0 Å². The largest absolute Gasteiger partial charge is 0.586 e. The molecule has 2 aromatic rings.